The Morgan fingerprint density at radius 2 is 2.12 bits per heavy atom. The van der Waals surface area contributed by atoms with Gasteiger partial charge in [0, 0.05) is 18.6 Å². The highest BCUT2D eigenvalue weighted by atomic mass is 16.5. The highest BCUT2D eigenvalue weighted by molar-refractivity contribution is 4.90. The van der Waals surface area contributed by atoms with Gasteiger partial charge >= 0.3 is 0 Å². The number of likely N-dealkylation sites (tertiary alicyclic amines) is 1. The first kappa shape index (κ1) is 13.3. The summed E-state index contributed by atoms with van der Waals surface area (Å²) in [4.78, 5) is 2.66. The largest absolute Gasteiger partial charge is 0.377 e. The Balaban J connectivity index is 1.79. The van der Waals surface area contributed by atoms with E-state index in [1.165, 1.54) is 45.2 Å². The molecule has 2 aliphatic heterocycles. The molecule has 100 valence electrons. The highest BCUT2D eigenvalue weighted by Crippen LogP contribution is 2.23. The van der Waals surface area contributed by atoms with Crippen LogP contribution in [0.2, 0.25) is 0 Å². The van der Waals surface area contributed by atoms with E-state index in [0.29, 0.717) is 6.10 Å². The summed E-state index contributed by atoms with van der Waals surface area (Å²) in [6.07, 6.45) is 7.24. The fourth-order valence-corrected chi connectivity index (χ4v) is 3.20. The number of nitrogens with zero attached hydrogens (tertiary/aromatic N) is 1. The highest BCUT2D eigenvalue weighted by Gasteiger charge is 2.31. The second kappa shape index (κ2) is 6.72. The van der Waals surface area contributed by atoms with Gasteiger partial charge in [0.25, 0.3) is 0 Å². The number of hydrogen-bond acceptors (Lipinski definition) is 3. The Hall–Kier alpha value is -0.120. The van der Waals surface area contributed by atoms with E-state index in [-0.39, 0.29) is 0 Å². The lowest BCUT2D eigenvalue weighted by molar-refractivity contribution is 0.0338. The van der Waals surface area contributed by atoms with Crippen LogP contribution in [0.3, 0.4) is 0 Å². The lowest BCUT2D eigenvalue weighted by Gasteiger charge is -2.39. The van der Waals surface area contributed by atoms with Gasteiger partial charge in [-0.05, 0) is 52.6 Å². The van der Waals surface area contributed by atoms with Crippen LogP contribution in [0.1, 0.15) is 46.0 Å². The third kappa shape index (κ3) is 3.94. The Labute approximate surface area is 106 Å². The van der Waals surface area contributed by atoms with E-state index in [1.54, 1.807) is 0 Å². The molecule has 0 spiro atoms. The first-order valence-corrected chi connectivity index (χ1v) is 7.36. The van der Waals surface area contributed by atoms with Gasteiger partial charge in [0.05, 0.1) is 12.7 Å². The average Bonchev–Trinajstić information content (AvgIpc) is 2.82. The normalized spacial score (nSPS) is 31.2. The zero-order valence-electron chi connectivity index (χ0n) is 11.5. The predicted molar refractivity (Wildman–Crippen MR) is 71.3 cm³/mol. The topological polar surface area (TPSA) is 24.5 Å². The number of nitrogens with one attached hydrogen (secondary N) is 1. The first-order valence-electron chi connectivity index (χ1n) is 7.36. The molecule has 2 heterocycles. The standard InChI is InChI=1S/C14H28N2O/c1-12(2)17-11-10-16-9-4-3-7-14(16)13-6-5-8-15-13/h12-15H,3-11H2,1-2H3. The minimum atomic E-state index is 0.364. The molecule has 0 aromatic carbocycles. The smallest absolute Gasteiger partial charge is 0.0597 e. The Kier molecular flexibility index (Phi) is 5.26. The number of rotatable bonds is 5. The third-order valence-electron chi connectivity index (χ3n) is 4.06. The molecule has 0 radical (unpaired) electrons. The van der Waals surface area contributed by atoms with Gasteiger partial charge in [0.15, 0.2) is 0 Å². The van der Waals surface area contributed by atoms with E-state index in [2.05, 4.69) is 24.1 Å². The summed E-state index contributed by atoms with van der Waals surface area (Å²) in [7, 11) is 0. The Bertz CT molecular complexity index is 214. The predicted octanol–water partition coefficient (Wildman–Crippen LogP) is 2.02. The van der Waals surface area contributed by atoms with Crippen molar-refractivity contribution in [3.8, 4) is 0 Å². The van der Waals surface area contributed by atoms with E-state index in [4.69, 9.17) is 4.74 Å². The van der Waals surface area contributed by atoms with Crippen molar-refractivity contribution in [1.29, 1.82) is 0 Å². The molecule has 2 unspecified atom stereocenters. The average molecular weight is 240 g/mol. The van der Waals surface area contributed by atoms with Gasteiger partial charge in [-0.25, -0.2) is 0 Å². The van der Waals surface area contributed by atoms with Crippen molar-refractivity contribution in [3.63, 3.8) is 0 Å². The molecule has 2 rings (SSSR count). The summed E-state index contributed by atoms with van der Waals surface area (Å²) in [6, 6.07) is 1.51. The monoisotopic (exact) mass is 240 g/mol. The van der Waals surface area contributed by atoms with Crippen molar-refractivity contribution in [2.75, 3.05) is 26.2 Å². The molecule has 0 saturated carbocycles. The molecule has 17 heavy (non-hydrogen) atoms. The van der Waals surface area contributed by atoms with Crippen molar-refractivity contribution in [1.82, 2.24) is 10.2 Å². The van der Waals surface area contributed by atoms with Gasteiger partial charge in [-0.2, -0.15) is 0 Å². The van der Waals surface area contributed by atoms with Gasteiger partial charge < -0.3 is 10.1 Å². The zero-order valence-corrected chi connectivity index (χ0v) is 11.5. The van der Waals surface area contributed by atoms with Gasteiger partial charge in [-0.15, -0.1) is 0 Å². The van der Waals surface area contributed by atoms with E-state index in [1.807, 2.05) is 0 Å². The minimum absolute atomic E-state index is 0.364. The molecule has 0 bridgehead atoms. The van der Waals surface area contributed by atoms with E-state index in [0.717, 1.165) is 25.2 Å². The van der Waals surface area contributed by atoms with Crippen molar-refractivity contribution in [3.05, 3.63) is 0 Å². The molecule has 2 fully saturated rings. The van der Waals surface area contributed by atoms with Crippen LogP contribution in [0.5, 0.6) is 0 Å². The molecule has 1 N–H and O–H groups in total. The van der Waals surface area contributed by atoms with Crippen LogP contribution in [-0.2, 0) is 4.74 Å². The van der Waals surface area contributed by atoms with Crippen LogP contribution in [0.15, 0.2) is 0 Å². The van der Waals surface area contributed by atoms with Gasteiger partial charge in [-0.3, -0.25) is 4.90 Å². The van der Waals surface area contributed by atoms with Gasteiger partial charge in [0.2, 0.25) is 0 Å². The fourth-order valence-electron chi connectivity index (χ4n) is 3.20. The zero-order chi connectivity index (χ0) is 12.1. The summed E-state index contributed by atoms with van der Waals surface area (Å²) in [5.41, 5.74) is 0. The molecular weight excluding hydrogens is 212 g/mol. The van der Waals surface area contributed by atoms with Crippen LogP contribution < -0.4 is 5.32 Å². The second-order valence-electron chi connectivity index (χ2n) is 5.72. The molecule has 3 nitrogen and oxygen atoms in total. The maximum absolute atomic E-state index is 5.69. The van der Waals surface area contributed by atoms with Crippen molar-refractivity contribution < 1.29 is 4.74 Å². The second-order valence-corrected chi connectivity index (χ2v) is 5.72. The van der Waals surface area contributed by atoms with E-state index in [9.17, 15) is 0 Å². The molecular formula is C14H28N2O. The van der Waals surface area contributed by atoms with Crippen LogP contribution in [0, 0.1) is 0 Å². The molecule has 0 aliphatic carbocycles. The maximum atomic E-state index is 5.69. The van der Waals surface area contributed by atoms with Crippen LogP contribution in [0.25, 0.3) is 0 Å². The van der Waals surface area contributed by atoms with Crippen LogP contribution in [0.4, 0.5) is 0 Å². The first-order chi connectivity index (χ1) is 8.27. The Morgan fingerprint density at radius 3 is 2.82 bits per heavy atom. The minimum Gasteiger partial charge on any atom is -0.377 e. The SMILES string of the molecule is CC(C)OCCN1CCCCC1C1CCCN1. The Morgan fingerprint density at radius 1 is 1.24 bits per heavy atom. The summed E-state index contributed by atoms with van der Waals surface area (Å²) in [6.45, 7) is 8.72. The van der Waals surface area contributed by atoms with Crippen molar-refractivity contribution in [2.45, 2.75) is 64.1 Å². The summed E-state index contributed by atoms with van der Waals surface area (Å²) < 4.78 is 5.69. The molecule has 0 amide bonds. The molecule has 0 aromatic heterocycles. The van der Waals surface area contributed by atoms with E-state index < -0.39 is 0 Å². The molecule has 0 aromatic rings. The molecule has 2 aliphatic rings. The summed E-state index contributed by atoms with van der Waals surface area (Å²) in [5.74, 6) is 0. The van der Waals surface area contributed by atoms with Crippen LogP contribution >= 0.6 is 0 Å². The quantitative estimate of drug-likeness (QED) is 0.795. The summed E-state index contributed by atoms with van der Waals surface area (Å²) >= 11 is 0. The lowest BCUT2D eigenvalue weighted by Crippen LogP contribution is -2.51. The summed E-state index contributed by atoms with van der Waals surface area (Å²) in [5, 5.41) is 3.67. The lowest BCUT2D eigenvalue weighted by atomic mass is 9.94. The van der Waals surface area contributed by atoms with Crippen molar-refractivity contribution >= 4 is 0 Å². The van der Waals surface area contributed by atoms with Gasteiger partial charge in [0.1, 0.15) is 0 Å². The number of piperidine rings is 1. The number of hydrogen-bond donors (Lipinski definition) is 1. The van der Waals surface area contributed by atoms with Crippen LogP contribution in [-0.4, -0.2) is 49.3 Å². The van der Waals surface area contributed by atoms with Crippen molar-refractivity contribution in [2.24, 2.45) is 0 Å². The number of ether oxygens (including phenoxy) is 1. The van der Waals surface area contributed by atoms with E-state index >= 15 is 0 Å². The van der Waals surface area contributed by atoms with Gasteiger partial charge in [-0.1, -0.05) is 6.42 Å². The fraction of sp³-hybridized carbons (Fsp3) is 1.00. The molecule has 3 heteroatoms. The molecule has 2 atom stereocenters. The third-order valence-corrected chi connectivity index (χ3v) is 4.06. The maximum Gasteiger partial charge on any atom is 0.0597 e. The molecule has 2 saturated heterocycles.